The van der Waals surface area contributed by atoms with Crippen LogP contribution in [0.15, 0.2) is 12.1 Å². The molecule has 2 N–H and O–H groups in total. The Morgan fingerprint density at radius 1 is 1.53 bits per heavy atom. The van der Waals surface area contributed by atoms with Gasteiger partial charge in [-0.15, -0.1) is 0 Å². The van der Waals surface area contributed by atoms with Gasteiger partial charge in [0.1, 0.15) is 5.82 Å². The molecular weight excluding hydrogens is 241 g/mol. The maximum absolute atomic E-state index is 13.7. The molecule has 0 heterocycles. The van der Waals surface area contributed by atoms with Crippen LogP contribution in [0, 0.1) is 24.1 Å². The van der Waals surface area contributed by atoms with Crippen LogP contribution in [0.2, 0.25) is 0 Å². The number of aryl methyl sites for hydroxylation is 1. The summed E-state index contributed by atoms with van der Waals surface area (Å²) < 4.78 is 13.7. The molecule has 1 aromatic carbocycles. The van der Waals surface area contributed by atoms with E-state index in [-0.39, 0.29) is 11.9 Å². The van der Waals surface area contributed by atoms with Crippen molar-refractivity contribution in [1.29, 1.82) is 5.26 Å². The summed E-state index contributed by atoms with van der Waals surface area (Å²) in [6.07, 6.45) is 2.76. The number of halogens is 1. The molecule has 102 valence electrons. The molecule has 1 aliphatic rings. The van der Waals surface area contributed by atoms with Gasteiger partial charge < -0.3 is 10.6 Å². The fourth-order valence-corrected chi connectivity index (χ4v) is 2.35. The van der Waals surface area contributed by atoms with E-state index in [0.29, 0.717) is 24.6 Å². The Balaban J connectivity index is 2.39. The van der Waals surface area contributed by atoms with E-state index in [1.807, 2.05) is 13.0 Å². The van der Waals surface area contributed by atoms with Gasteiger partial charge >= 0.3 is 0 Å². The quantitative estimate of drug-likeness (QED) is 0.886. The molecule has 1 saturated carbocycles. The predicted octanol–water partition coefficient (Wildman–Crippen LogP) is 3.04. The fourth-order valence-electron chi connectivity index (χ4n) is 2.35. The molecule has 0 spiro atoms. The number of nitrogens with zero attached hydrogens (tertiary/aromatic N) is 2. The third-order valence-electron chi connectivity index (χ3n) is 3.56. The molecule has 3 nitrogen and oxygen atoms in total. The average molecular weight is 261 g/mol. The van der Waals surface area contributed by atoms with E-state index in [0.717, 1.165) is 24.1 Å². The van der Waals surface area contributed by atoms with E-state index in [1.54, 1.807) is 6.92 Å². The van der Waals surface area contributed by atoms with Gasteiger partial charge in [-0.2, -0.15) is 5.26 Å². The van der Waals surface area contributed by atoms with Crippen molar-refractivity contribution in [3.8, 4) is 6.07 Å². The van der Waals surface area contributed by atoms with Crippen LogP contribution in [0.25, 0.3) is 0 Å². The molecule has 0 aliphatic heterocycles. The summed E-state index contributed by atoms with van der Waals surface area (Å²) >= 11 is 0. The van der Waals surface area contributed by atoms with Gasteiger partial charge in [-0.25, -0.2) is 4.39 Å². The summed E-state index contributed by atoms with van der Waals surface area (Å²) in [6.45, 7) is 4.31. The molecule has 1 aliphatic carbocycles. The van der Waals surface area contributed by atoms with Crippen LogP contribution < -0.4 is 10.6 Å². The largest absolute Gasteiger partial charge is 0.367 e. The normalized spacial score (nSPS) is 15.9. The third kappa shape index (κ3) is 3.05. The van der Waals surface area contributed by atoms with Crippen molar-refractivity contribution in [3.05, 3.63) is 29.1 Å². The predicted molar refractivity (Wildman–Crippen MR) is 74.3 cm³/mol. The molecule has 0 aromatic heterocycles. The maximum Gasteiger partial charge on any atom is 0.126 e. The molecule has 1 aromatic rings. The minimum Gasteiger partial charge on any atom is -0.367 e. The van der Waals surface area contributed by atoms with Gasteiger partial charge in [-0.1, -0.05) is 0 Å². The minimum absolute atomic E-state index is 0.214. The first-order valence-corrected chi connectivity index (χ1v) is 6.73. The number of anilines is 1. The maximum atomic E-state index is 13.7. The van der Waals surface area contributed by atoms with Crippen molar-refractivity contribution in [2.75, 3.05) is 11.4 Å². The van der Waals surface area contributed by atoms with Gasteiger partial charge in [0.25, 0.3) is 0 Å². The molecular formula is C15H20FN3. The number of hydrogen-bond acceptors (Lipinski definition) is 3. The molecule has 19 heavy (non-hydrogen) atoms. The third-order valence-corrected chi connectivity index (χ3v) is 3.56. The zero-order chi connectivity index (χ0) is 14.0. The highest BCUT2D eigenvalue weighted by atomic mass is 19.1. The molecule has 0 bridgehead atoms. The number of hydrogen-bond donors (Lipinski definition) is 1. The summed E-state index contributed by atoms with van der Waals surface area (Å²) in [5.74, 6) is -0.216. The average Bonchev–Trinajstić information content (AvgIpc) is 3.17. The molecule has 4 heteroatoms. The first-order chi connectivity index (χ1) is 9.04. The van der Waals surface area contributed by atoms with Gasteiger partial charge in [0.15, 0.2) is 0 Å². The summed E-state index contributed by atoms with van der Waals surface area (Å²) in [7, 11) is 0. The molecule has 2 rings (SSSR count). The Morgan fingerprint density at radius 3 is 2.74 bits per heavy atom. The van der Waals surface area contributed by atoms with Crippen molar-refractivity contribution < 1.29 is 4.39 Å². The van der Waals surface area contributed by atoms with Crippen LogP contribution in [-0.4, -0.2) is 12.6 Å². The highest BCUT2D eigenvalue weighted by Crippen LogP contribution is 2.36. The van der Waals surface area contributed by atoms with Gasteiger partial charge in [0.05, 0.1) is 12.5 Å². The lowest BCUT2D eigenvalue weighted by Crippen LogP contribution is -2.29. The zero-order valence-electron chi connectivity index (χ0n) is 11.5. The smallest absolute Gasteiger partial charge is 0.126 e. The van der Waals surface area contributed by atoms with Crippen molar-refractivity contribution in [2.24, 2.45) is 5.73 Å². The van der Waals surface area contributed by atoms with E-state index in [2.05, 4.69) is 11.0 Å². The number of benzene rings is 1. The van der Waals surface area contributed by atoms with Crippen LogP contribution in [0.3, 0.4) is 0 Å². The molecule has 0 saturated heterocycles. The Hall–Kier alpha value is -1.60. The Morgan fingerprint density at radius 2 is 2.21 bits per heavy atom. The van der Waals surface area contributed by atoms with Gasteiger partial charge in [-0.3, -0.25) is 0 Å². The second-order valence-electron chi connectivity index (χ2n) is 5.28. The van der Waals surface area contributed by atoms with Crippen LogP contribution in [0.5, 0.6) is 0 Å². The van der Waals surface area contributed by atoms with Crippen molar-refractivity contribution >= 4 is 5.69 Å². The Kier molecular flexibility index (Phi) is 4.06. The SMILES string of the molecule is Cc1cc(N(CCC#N)C2CC2)c(C(C)N)cc1F. The fraction of sp³-hybridized carbons (Fsp3) is 0.533. The molecule has 0 amide bonds. The summed E-state index contributed by atoms with van der Waals surface area (Å²) in [6, 6.07) is 5.85. The standard InChI is InChI=1S/C15H20FN3/c1-10-8-15(13(11(2)18)9-14(10)16)19(7-3-6-17)12-4-5-12/h8-9,11-12H,3-5,7,18H2,1-2H3. The molecule has 1 atom stereocenters. The highest BCUT2D eigenvalue weighted by Gasteiger charge is 2.31. The van der Waals surface area contributed by atoms with Crippen LogP contribution in [0.1, 0.15) is 43.4 Å². The second kappa shape index (κ2) is 5.58. The van der Waals surface area contributed by atoms with Crippen LogP contribution in [0.4, 0.5) is 10.1 Å². The lowest BCUT2D eigenvalue weighted by atomic mass is 10.0. The summed E-state index contributed by atoms with van der Waals surface area (Å²) in [5, 5.41) is 8.78. The van der Waals surface area contributed by atoms with Gasteiger partial charge in [-0.05, 0) is 49.9 Å². The van der Waals surface area contributed by atoms with Crippen molar-refractivity contribution in [3.63, 3.8) is 0 Å². The molecule has 0 radical (unpaired) electrons. The monoisotopic (exact) mass is 261 g/mol. The van der Waals surface area contributed by atoms with Crippen molar-refractivity contribution in [2.45, 2.75) is 45.2 Å². The summed E-state index contributed by atoms with van der Waals surface area (Å²) in [5.41, 5.74) is 8.41. The Bertz CT molecular complexity index is 501. The lowest BCUT2D eigenvalue weighted by molar-refractivity contribution is 0.611. The minimum atomic E-state index is -0.216. The number of rotatable bonds is 5. The Labute approximate surface area is 113 Å². The highest BCUT2D eigenvalue weighted by molar-refractivity contribution is 5.58. The van der Waals surface area contributed by atoms with Gasteiger partial charge in [0.2, 0.25) is 0 Å². The van der Waals surface area contributed by atoms with Gasteiger partial charge in [0, 0.05) is 24.3 Å². The second-order valence-corrected chi connectivity index (χ2v) is 5.28. The molecule has 1 fully saturated rings. The van der Waals surface area contributed by atoms with E-state index in [1.165, 1.54) is 6.07 Å². The zero-order valence-corrected chi connectivity index (χ0v) is 11.5. The van der Waals surface area contributed by atoms with E-state index in [4.69, 9.17) is 11.0 Å². The van der Waals surface area contributed by atoms with E-state index in [9.17, 15) is 4.39 Å². The lowest BCUT2D eigenvalue weighted by Gasteiger charge is -2.28. The number of nitriles is 1. The topological polar surface area (TPSA) is 53.0 Å². The first-order valence-electron chi connectivity index (χ1n) is 6.73. The number of nitrogens with two attached hydrogens (primary N) is 1. The molecule has 1 unspecified atom stereocenters. The van der Waals surface area contributed by atoms with E-state index >= 15 is 0 Å². The van der Waals surface area contributed by atoms with Crippen molar-refractivity contribution in [1.82, 2.24) is 0 Å². The summed E-state index contributed by atoms with van der Waals surface area (Å²) in [4.78, 5) is 2.22. The van der Waals surface area contributed by atoms with Crippen LogP contribution in [-0.2, 0) is 0 Å². The first kappa shape index (κ1) is 13.8. The van der Waals surface area contributed by atoms with E-state index < -0.39 is 0 Å². The van der Waals surface area contributed by atoms with Crippen LogP contribution >= 0.6 is 0 Å².